The molecule has 0 amide bonds. The minimum Gasteiger partial charge on any atom is -0.491 e. The maximum Gasteiger partial charge on any atom is 0.124 e. The van der Waals surface area contributed by atoms with Crippen LogP contribution in [0.15, 0.2) is 18.2 Å². The Morgan fingerprint density at radius 1 is 0.957 bits per heavy atom. The van der Waals surface area contributed by atoms with Crippen LogP contribution >= 0.6 is 0 Å². The topological polar surface area (TPSA) is 57.2 Å². The van der Waals surface area contributed by atoms with Gasteiger partial charge < -0.3 is 24.1 Å². The maximum absolute atomic E-state index is 9.47. The van der Waals surface area contributed by atoms with Crippen molar-refractivity contribution in [2.75, 3.05) is 46.8 Å². The summed E-state index contributed by atoms with van der Waals surface area (Å²) in [5, 5.41) is 9.47. The van der Waals surface area contributed by atoms with Gasteiger partial charge in [-0.15, -0.1) is 0 Å². The molecule has 5 nitrogen and oxygen atoms in total. The number of unbranched alkanes of at least 4 members (excludes halogenated alkanes) is 1. The number of hydrogen-bond acceptors (Lipinski definition) is 5. The molecule has 0 fully saturated rings. The van der Waals surface area contributed by atoms with Gasteiger partial charge in [-0.3, -0.25) is 0 Å². The van der Waals surface area contributed by atoms with Gasteiger partial charge in [-0.25, -0.2) is 0 Å². The average Bonchev–Trinajstić information content (AvgIpc) is 2.59. The van der Waals surface area contributed by atoms with Gasteiger partial charge in [0.2, 0.25) is 0 Å². The Balaban J connectivity index is 2.21. The molecule has 132 valence electrons. The first kappa shape index (κ1) is 19.9. The molecule has 5 heteroatoms. The molecule has 0 aliphatic heterocycles. The van der Waals surface area contributed by atoms with Crippen molar-refractivity contribution in [3.63, 3.8) is 0 Å². The molecule has 0 unspecified atom stereocenters. The molecule has 0 heterocycles. The monoisotopic (exact) mass is 326 g/mol. The van der Waals surface area contributed by atoms with E-state index in [0.717, 1.165) is 24.2 Å². The predicted molar refractivity (Wildman–Crippen MR) is 90.0 cm³/mol. The van der Waals surface area contributed by atoms with Crippen molar-refractivity contribution in [2.24, 2.45) is 0 Å². The van der Waals surface area contributed by atoms with Gasteiger partial charge in [0.1, 0.15) is 12.4 Å². The maximum atomic E-state index is 9.47. The van der Waals surface area contributed by atoms with Crippen LogP contribution in [-0.4, -0.2) is 51.9 Å². The number of hydrogen-bond donors (Lipinski definition) is 1. The van der Waals surface area contributed by atoms with Gasteiger partial charge in [0, 0.05) is 12.7 Å². The Morgan fingerprint density at radius 2 is 1.65 bits per heavy atom. The summed E-state index contributed by atoms with van der Waals surface area (Å²) >= 11 is 0. The Bertz CT molecular complexity index is 408. The fraction of sp³-hybridized carbons (Fsp3) is 0.667. The lowest BCUT2D eigenvalue weighted by Crippen LogP contribution is -2.12. The second-order valence-electron chi connectivity index (χ2n) is 5.27. The summed E-state index contributed by atoms with van der Waals surface area (Å²) in [6, 6.07) is 6.02. The Labute approximate surface area is 139 Å². The summed E-state index contributed by atoms with van der Waals surface area (Å²) in [6.07, 6.45) is 3.36. The van der Waals surface area contributed by atoms with Crippen LogP contribution in [0.1, 0.15) is 30.9 Å². The van der Waals surface area contributed by atoms with Gasteiger partial charge in [0.05, 0.1) is 39.6 Å². The highest BCUT2D eigenvalue weighted by atomic mass is 16.6. The fourth-order valence-electron chi connectivity index (χ4n) is 2.11. The summed E-state index contributed by atoms with van der Waals surface area (Å²) in [7, 11) is 1.65. The third kappa shape index (κ3) is 8.91. The summed E-state index contributed by atoms with van der Waals surface area (Å²) in [6.45, 7) is 5.39. The van der Waals surface area contributed by atoms with Gasteiger partial charge in [-0.05, 0) is 30.5 Å². The lowest BCUT2D eigenvalue weighted by molar-refractivity contribution is 0.0178. The van der Waals surface area contributed by atoms with Crippen molar-refractivity contribution in [1.29, 1.82) is 0 Å². The summed E-state index contributed by atoms with van der Waals surface area (Å²) in [5.74, 6) is 0.729. The smallest absolute Gasteiger partial charge is 0.124 e. The highest BCUT2D eigenvalue weighted by Crippen LogP contribution is 2.21. The molecule has 0 aliphatic rings. The van der Waals surface area contributed by atoms with Crippen LogP contribution in [0.25, 0.3) is 0 Å². The molecular weight excluding hydrogens is 296 g/mol. The molecular formula is C18H30O5. The van der Waals surface area contributed by atoms with Crippen LogP contribution in [0.3, 0.4) is 0 Å². The molecule has 0 bridgehead atoms. The summed E-state index contributed by atoms with van der Waals surface area (Å²) < 4.78 is 21.3. The molecule has 1 rings (SSSR count). The van der Waals surface area contributed by atoms with Gasteiger partial charge in [-0.2, -0.15) is 0 Å². The van der Waals surface area contributed by atoms with E-state index in [2.05, 4.69) is 13.0 Å². The lowest BCUT2D eigenvalue weighted by Gasteiger charge is -2.12. The molecule has 0 aliphatic carbocycles. The van der Waals surface area contributed by atoms with Crippen LogP contribution in [0, 0.1) is 0 Å². The summed E-state index contributed by atoms with van der Waals surface area (Å²) in [4.78, 5) is 0. The van der Waals surface area contributed by atoms with E-state index >= 15 is 0 Å². The number of benzene rings is 1. The van der Waals surface area contributed by atoms with Gasteiger partial charge >= 0.3 is 0 Å². The van der Waals surface area contributed by atoms with E-state index in [4.69, 9.17) is 18.9 Å². The summed E-state index contributed by atoms with van der Waals surface area (Å²) in [5.41, 5.74) is 2.08. The number of rotatable bonds is 14. The molecule has 0 aromatic heterocycles. The lowest BCUT2D eigenvalue weighted by atomic mass is 10.1. The second kappa shape index (κ2) is 13.3. The number of aliphatic hydroxyl groups excluding tert-OH is 1. The van der Waals surface area contributed by atoms with E-state index in [1.807, 2.05) is 12.1 Å². The first-order valence-corrected chi connectivity index (χ1v) is 8.31. The predicted octanol–water partition coefficient (Wildman–Crippen LogP) is 2.58. The van der Waals surface area contributed by atoms with Crippen molar-refractivity contribution >= 4 is 0 Å². The van der Waals surface area contributed by atoms with Crippen molar-refractivity contribution in [3.05, 3.63) is 29.3 Å². The SMILES string of the molecule is CCCCc1ccc(OCCOCCOCCOC)c(CO)c1. The van der Waals surface area contributed by atoms with E-state index in [-0.39, 0.29) is 6.61 Å². The van der Waals surface area contributed by atoms with Crippen LogP contribution in [-0.2, 0) is 27.2 Å². The van der Waals surface area contributed by atoms with E-state index < -0.39 is 0 Å². The normalized spacial score (nSPS) is 10.9. The van der Waals surface area contributed by atoms with Gasteiger partial charge in [0.15, 0.2) is 0 Å². The minimum absolute atomic E-state index is 0.0104. The van der Waals surface area contributed by atoms with Gasteiger partial charge in [0.25, 0.3) is 0 Å². The van der Waals surface area contributed by atoms with Crippen LogP contribution in [0.2, 0.25) is 0 Å². The molecule has 0 atom stereocenters. The van der Waals surface area contributed by atoms with Crippen molar-refractivity contribution < 1.29 is 24.1 Å². The molecule has 0 saturated carbocycles. The third-order valence-corrected chi connectivity index (χ3v) is 3.40. The number of aryl methyl sites for hydroxylation is 1. The van der Waals surface area contributed by atoms with Crippen LogP contribution < -0.4 is 4.74 Å². The molecule has 1 N–H and O–H groups in total. The Hall–Kier alpha value is -1.14. The van der Waals surface area contributed by atoms with E-state index in [0.29, 0.717) is 39.6 Å². The van der Waals surface area contributed by atoms with Crippen LogP contribution in [0.5, 0.6) is 5.75 Å². The van der Waals surface area contributed by atoms with E-state index in [9.17, 15) is 5.11 Å². The second-order valence-corrected chi connectivity index (χ2v) is 5.27. The average molecular weight is 326 g/mol. The standard InChI is InChI=1S/C18H30O5/c1-3-4-5-16-6-7-18(17(14-16)15-19)23-13-12-22-11-10-21-9-8-20-2/h6-7,14,19H,3-5,8-13,15H2,1-2H3. The highest BCUT2D eigenvalue weighted by molar-refractivity contribution is 5.37. The Kier molecular flexibility index (Phi) is 11.5. The largest absolute Gasteiger partial charge is 0.491 e. The molecule has 0 radical (unpaired) electrons. The Morgan fingerprint density at radius 3 is 2.30 bits per heavy atom. The first-order valence-electron chi connectivity index (χ1n) is 8.31. The van der Waals surface area contributed by atoms with Crippen molar-refractivity contribution in [1.82, 2.24) is 0 Å². The van der Waals surface area contributed by atoms with Crippen LogP contribution in [0.4, 0.5) is 0 Å². The first-order chi connectivity index (χ1) is 11.3. The zero-order chi connectivity index (χ0) is 16.8. The quantitative estimate of drug-likeness (QED) is 0.533. The fourth-order valence-corrected chi connectivity index (χ4v) is 2.11. The number of methoxy groups -OCH3 is 1. The van der Waals surface area contributed by atoms with E-state index in [1.165, 1.54) is 12.0 Å². The van der Waals surface area contributed by atoms with Crippen molar-refractivity contribution in [3.8, 4) is 5.75 Å². The molecule has 1 aromatic carbocycles. The zero-order valence-corrected chi connectivity index (χ0v) is 14.4. The zero-order valence-electron chi connectivity index (χ0n) is 14.4. The number of ether oxygens (including phenoxy) is 4. The van der Waals surface area contributed by atoms with E-state index in [1.54, 1.807) is 7.11 Å². The molecule has 23 heavy (non-hydrogen) atoms. The molecule has 0 saturated heterocycles. The molecule has 1 aromatic rings. The number of aliphatic hydroxyl groups is 1. The van der Waals surface area contributed by atoms with Crippen molar-refractivity contribution in [2.45, 2.75) is 32.8 Å². The minimum atomic E-state index is -0.0104. The van der Waals surface area contributed by atoms with Gasteiger partial charge in [-0.1, -0.05) is 19.4 Å². The third-order valence-electron chi connectivity index (χ3n) is 3.40. The molecule has 0 spiro atoms. The highest BCUT2D eigenvalue weighted by Gasteiger charge is 2.04.